The van der Waals surface area contributed by atoms with Crippen molar-refractivity contribution in [3.05, 3.63) is 24.3 Å². The van der Waals surface area contributed by atoms with E-state index in [1.807, 2.05) is 12.1 Å². The fourth-order valence-electron chi connectivity index (χ4n) is 1.99. The lowest BCUT2D eigenvalue weighted by Gasteiger charge is -2.28. The number of hydrogen-bond donors (Lipinski definition) is 1. The van der Waals surface area contributed by atoms with Crippen LogP contribution in [0.4, 0.5) is 0 Å². The van der Waals surface area contributed by atoms with Crippen molar-refractivity contribution in [2.75, 3.05) is 0 Å². The van der Waals surface area contributed by atoms with Crippen LogP contribution in [0.25, 0.3) is 0 Å². The summed E-state index contributed by atoms with van der Waals surface area (Å²) in [6.45, 7) is 3.47. The van der Waals surface area contributed by atoms with Gasteiger partial charge in [0.25, 0.3) is 5.79 Å². The van der Waals surface area contributed by atoms with Gasteiger partial charge in [-0.2, -0.15) is 0 Å². The Kier molecular flexibility index (Phi) is 2.50. The van der Waals surface area contributed by atoms with Crippen molar-refractivity contribution >= 4 is 5.97 Å². The van der Waals surface area contributed by atoms with Gasteiger partial charge in [-0.15, -0.1) is 0 Å². The van der Waals surface area contributed by atoms with E-state index in [2.05, 4.69) is 0 Å². The van der Waals surface area contributed by atoms with Gasteiger partial charge in [0.2, 0.25) is 0 Å². The van der Waals surface area contributed by atoms with Gasteiger partial charge in [0.05, 0.1) is 0 Å². The molecule has 0 fully saturated rings. The summed E-state index contributed by atoms with van der Waals surface area (Å²) in [5.41, 5.74) is 0. The highest BCUT2D eigenvalue weighted by molar-refractivity contribution is 5.71. The second-order valence-corrected chi connectivity index (χ2v) is 3.97. The molecule has 1 aliphatic heterocycles. The maximum absolute atomic E-state index is 11.1. The van der Waals surface area contributed by atoms with Crippen LogP contribution in [-0.4, -0.2) is 16.9 Å². The van der Waals surface area contributed by atoms with Crippen molar-refractivity contribution in [2.24, 2.45) is 5.92 Å². The normalized spacial score (nSPS) is 18.1. The first-order chi connectivity index (χ1) is 7.57. The van der Waals surface area contributed by atoms with Crippen LogP contribution in [0.3, 0.4) is 0 Å². The van der Waals surface area contributed by atoms with E-state index < -0.39 is 17.7 Å². The van der Waals surface area contributed by atoms with E-state index >= 15 is 0 Å². The van der Waals surface area contributed by atoms with E-state index in [9.17, 15) is 4.79 Å². The number of benzene rings is 1. The van der Waals surface area contributed by atoms with Crippen LogP contribution in [0.2, 0.25) is 0 Å². The molecule has 1 heterocycles. The quantitative estimate of drug-likeness (QED) is 0.852. The van der Waals surface area contributed by atoms with Crippen LogP contribution in [0, 0.1) is 5.92 Å². The predicted molar refractivity (Wildman–Crippen MR) is 57.5 cm³/mol. The minimum atomic E-state index is -1.11. The summed E-state index contributed by atoms with van der Waals surface area (Å²) in [6.07, 6.45) is 0.458. The fourth-order valence-corrected chi connectivity index (χ4v) is 1.99. The van der Waals surface area contributed by atoms with E-state index in [1.54, 1.807) is 26.0 Å². The molecular weight excluding hydrogens is 208 g/mol. The second kappa shape index (κ2) is 3.70. The second-order valence-electron chi connectivity index (χ2n) is 3.97. The summed E-state index contributed by atoms with van der Waals surface area (Å²) in [4.78, 5) is 11.1. The monoisotopic (exact) mass is 222 g/mol. The first kappa shape index (κ1) is 10.8. The number of hydrogen-bond acceptors (Lipinski definition) is 3. The molecule has 1 aliphatic rings. The maximum atomic E-state index is 11.1. The van der Waals surface area contributed by atoms with Gasteiger partial charge in [0.15, 0.2) is 11.5 Å². The highest BCUT2D eigenvalue weighted by Gasteiger charge is 2.47. The molecule has 16 heavy (non-hydrogen) atoms. The van der Waals surface area contributed by atoms with Crippen molar-refractivity contribution < 1.29 is 19.4 Å². The largest absolute Gasteiger partial charge is 0.481 e. The van der Waals surface area contributed by atoms with Gasteiger partial charge in [-0.25, -0.2) is 0 Å². The fraction of sp³-hybridized carbons (Fsp3) is 0.417. The summed E-state index contributed by atoms with van der Waals surface area (Å²) in [6, 6.07) is 7.20. The molecule has 0 spiro atoms. The Labute approximate surface area is 93.8 Å². The zero-order valence-corrected chi connectivity index (χ0v) is 9.27. The van der Waals surface area contributed by atoms with Gasteiger partial charge in [0, 0.05) is 6.92 Å². The van der Waals surface area contributed by atoms with E-state index in [1.165, 1.54) is 0 Å². The minimum Gasteiger partial charge on any atom is -0.481 e. The number of carboxylic acid groups (broad SMARTS) is 1. The number of fused-ring (bicyclic) bond motifs is 1. The summed E-state index contributed by atoms with van der Waals surface area (Å²) < 4.78 is 11.2. The Morgan fingerprint density at radius 1 is 1.38 bits per heavy atom. The van der Waals surface area contributed by atoms with Crippen LogP contribution >= 0.6 is 0 Å². The van der Waals surface area contributed by atoms with E-state index in [0.29, 0.717) is 17.9 Å². The molecule has 1 atom stereocenters. The van der Waals surface area contributed by atoms with Crippen molar-refractivity contribution in [2.45, 2.75) is 26.1 Å². The van der Waals surface area contributed by atoms with E-state index in [-0.39, 0.29) is 0 Å². The Morgan fingerprint density at radius 3 is 2.25 bits per heavy atom. The summed E-state index contributed by atoms with van der Waals surface area (Å²) in [5, 5.41) is 9.12. The molecule has 1 unspecified atom stereocenters. The van der Waals surface area contributed by atoms with Crippen molar-refractivity contribution in [3.8, 4) is 11.5 Å². The molecule has 0 saturated carbocycles. The molecule has 0 radical (unpaired) electrons. The Balaban J connectivity index is 2.29. The lowest BCUT2D eigenvalue weighted by molar-refractivity contribution is -0.166. The molecule has 0 aromatic heterocycles. The third kappa shape index (κ3) is 1.60. The molecule has 0 saturated heterocycles. The van der Waals surface area contributed by atoms with Crippen molar-refractivity contribution in [3.63, 3.8) is 0 Å². The van der Waals surface area contributed by atoms with Gasteiger partial charge in [-0.05, 0) is 18.6 Å². The lowest BCUT2D eigenvalue weighted by Crippen LogP contribution is -2.46. The molecular formula is C12H14O4. The number of para-hydroxylation sites is 2. The number of carboxylic acids is 1. The number of ether oxygens (including phenoxy) is 2. The van der Waals surface area contributed by atoms with Crippen LogP contribution in [-0.2, 0) is 4.79 Å². The van der Waals surface area contributed by atoms with Crippen molar-refractivity contribution in [1.29, 1.82) is 0 Å². The molecule has 1 N–H and O–H groups in total. The average molecular weight is 222 g/mol. The molecule has 1 aromatic carbocycles. The van der Waals surface area contributed by atoms with E-state index in [0.717, 1.165) is 0 Å². The molecule has 0 bridgehead atoms. The molecule has 2 rings (SSSR count). The Hall–Kier alpha value is -1.71. The molecule has 0 amide bonds. The molecule has 86 valence electrons. The first-order valence-corrected chi connectivity index (χ1v) is 5.26. The minimum absolute atomic E-state index is 0.458. The maximum Gasteiger partial charge on any atom is 0.314 e. The van der Waals surface area contributed by atoms with Gasteiger partial charge >= 0.3 is 5.97 Å². The molecule has 4 nitrogen and oxygen atoms in total. The third-order valence-corrected chi connectivity index (χ3v) is 2.81. The predicted octanol–water partition coefficient (Wildman–Crippen LogP) is 2.28. The number of carbonyl (C=O) groups is 1. The van der Waals surface area contributed by atoms with Crippen LogP contribution < -0.4 is 9.47 Å². The highest BCUT2D eigenvalue weighted by Crippen LogP contribution is 2.42. The van der Waals surface area contributed by atoms with Crippen LogP contribution in [0.5, 0.6) is 11.5 Å². The topological polar surface area (TPSA) is 55.8 Å². The smallest absolute Gasteiger partial charge is 0.314 e. The van der Waals surface area contributed by atoms with Gasteiger partial charge in [-0.1, -0.05) is 19.1 Å². The Morgan fingerprint density at radius 2 is 1.88 bits per heavy atom. The Bertz CT molecular complexity index is 388. The van der Waals surface area contributed by atoms with Crippen LogP contribution in [0.15, 0.2) is 24.3 Å². The molecule has 4 heteroatoms. The zero-order chi connectivity index (χ0) is 11.8. The third-order valence-electron chi connectivity index (χ3n) is 2.81. The number of aliphatic carboxylic acids is 1. The van der Waals surface area contributed by atoms with E-state index in [4.69, 9.17) is 14.6 Å². The zero-order valence-electron chi connectivity index (χ0n) is 9.27. The standard InChI is InChI=1S/C12H14O4/c1-3-8(11(13)14)12(2)15-9-6-4-5-7-10(9)16-12/h4-8H,3H2,1-2H3,(H,13,14). The van der Waals surface area contributed by atoms with Gasteiger partial charge < -0.3 is 14.6 Å². The lowest BCUT2D eigenvalue weighted by atomic mass is 9.97. The molecule has 1 aromatic rings. The van der Waals surface area contributed by atoms with Crippen molar-refractivity contribution in [1.82, 2.24) is 0 Å². The first-order valence-electron chi connectivity index (χ1n) is 5.26. The summed E-state index contributed by atoms with van der Waals surface area (Å²) in [7, 11) is 0. The summed E-state index contributed by atoms with van der Waals surface area (Å²) >= 11 is 0. The summed E-state index contributed by atoms with van der Waals surface area (Å²) in [5.74, 6) is -1.49. The van der Waals surface area contributed by atoms with Gasteiger partial charge in [0.1, 0.15) is 5.92 Å². The molecule has 0 aliphatic carbocycles. The van der Waals surface area contributed by atoms with Gasteiger partial charge in [-0.3, -0.25) is 4.79 Å². The number of rotatable bonds is 3. The van der Waals surface area contributed by atoms with Crippen LogP contribution in [0.1, 0.15) is 20.3 Å². The SMILES string of the molecule is CCC(C(=O)O)C1(C)Oc2ccccc2O1. The highest BCUT2D eigenvalue weighted by atomic mass is 16.7. The average Bonchev–Trinajstić information content (AvgIpc) is 2.54.